The predicted molar refractivity (Wildman–Crippen MR) is 134 cm³/mol. The van der Waals surface area contributed by atoms with Crippen molar-refractivity contribution in [2.24, 2.45) is 0 Å². The van der Waals surface area contributed by atoms with E-state index in [1.807, 2.05) is 36.4 Å². The molecule has 9 nitrogen and oxygen atoms in total. The lowest BCUT2D eigenvalue weighted by atomic mass is 9.87. The van der Waals surface area contributed by atoms with Gasteiger partial charge in [0.2, 0.25) is 0 Å². The van der Waals surface area contributed by atoms with Crippen LogP contribution in [-0.4, -0.2) is 39.3 Å². The van der Waals surface area contributed by atoms with Gasteiger partial charge in [-0.15, -0.1) is 0 Å². The molecule has 36 heavy (non-hydrogen) atoms. The van der Waals surface area contributed by atoms with Crippen LogP contribution in [0, 0.1) is 27.2 Å². The van der Waals surface area contributed by atoms with Crippen LogP contribution in [0.1, 0.15) is 34.3 Å². The van der Waals surface area contributed by atoms with Crippen LogP contribution in [-0.2, 0) is 0 Å². The fourth-order valence-electron chi connectivity index (χ4n) is 4.80. The molecule has 1 spiro atoms. The van der Waals surface area contributed by atoms with E-state index in [-0.39, 0.29) is 11.1 Å². The molecule has 0 aliphatic carbocycles. The van der Waals surface area contributed by atoms with E-state index >= 15 is 0 Å². The van der Waals surface area contributed by atoms with Crippen LogP contribution in [0.3, 0.4) is 0 Å². The van der Waals surface area contributed by atoms with Crippen LogP contribution in [0.25, 0.3) is 17.2 Å². The molecular weight excluding hydrogens is 462 g/mol. The van der Waals surface area contributed by atoms with E-state index < -0.39 is 32.7 Å². The first-order chi connectivity index (χ1) is 17.3. The van der Waals surface area contributed by atoms with Crippen LogP contribution in [0.15, 0.2) is 66.7 Å². The second-order valence-corrected chi connectivity index (χ2v) is 9.06. The van der Waals surface area contributed by atoms with Crippen molar-refractivity contribution in [1.29, 1.82) is 0 Å². The topological polar surface area (TPSA) is 116 Å². The Labute approximate surface area is 206 Å². The van der Waals surface area contributed by atoms with E-state index in [9.17, 15) is 25.0 Å². The zero-order valence-electron chi connectivity index (χ0n) is 19.5. The first-order valence-corrected chi connectivity index (χ1v) is 11.6. The van der Waals surface area contributed by atoms with E-state index in [1.54, 1.807) is 4.90 Å². The van der Waals surface area contributed by atoms with Crippen LogP contribution >= 0.6 is 0 Å². The lowest BCUT2D eigenvalue weighted by Crippen LogP contribution is -2.49. The SMILES string of the molecule is Cc1c([N+](=O)[O-])cc(C(=O)N2CCC3(C=Cc4cc(-c5ccccc5)ccc4O3)CC2)cc1[N+](=O)[O-]. The van der Waals surface area contributed by atoms with Gasteiger partial charge in [0.15, 0.2) is 0 Å². The molecule has 182 valence electrons. The minimum Gasteiger partial charge on any atom is -0.482 e. The van der Waals surface area contributed by atoms with Crippen LogP contribution in [0.2, 0.25) is 0 Å². The normalized spacial score (nSPS) is 15.8. The summed E-state index contributed by atoms with van der Waals surface area (Å²) in [6.07, 6.45) is 5.15. The first kappa shape index (κ1) is 23.2. The highest BCUT2D eigenvalue weighted by molar-refractivity contribution is 5.96. The van der Waals surface area contributed by atoms with Crippen LogP contribution < -0.4 is 4.74 Å². The number of likely N-dealkylation sites (tertiary alicyclic amines) is 1. The van der Waals surface area contributed by atoms with Gasteiger partial charge in [0.1, 0.15) is 16.9 Å². The fourth-order valence-corrected chi connectivity index (χ4v) is 4.80. The first-order valence-electron chi connectivity index (χ1n) is 11.6. The van der Waals surface area contributed by atoms with E-state index in [0.29, 0.717) is 25.9 Å². The summed E-state index contributed by atoms with van der Waals surface area (Å²) < 4.78 is 6.40. The third-order valence-corrected chi connectivity index (χ3v) is 6.89. The summed E-state index contributed by atoms with van der Waals surface area (Å²) in [6.45, 7) is 2.02. The zero-order chi connectivity index (χ0) is 25.4. The highest BCUT2D eigenvalue weighted by Crippen LogP contribution is 2.39. The molecule has 3 aromatic carbocycles. The van der Waals surface area contributed by atoms with Crippen molar-refractivity contribution in [3.8, 4) is 16.9 Å². The molecule has 5 rings (SSSR count). The van der Waals surface area contributed by atoms with Gasteiger partial charge < -0.3 is 9.64 Å². The Bertz CT molecular complexity index is 1370. The van der Waals surface area contributed by atoms with E-state index in [2.05, 4.69) is 24.3 Å². The lowest BCUT2D eigenvalue weighted by molar-refractivity contribution is -0.395. The Morgan fingerprint density at radius 3 is 2.17 bits per heavy atom. The number of benzene rings is 3. The minimum atomic E-state index is -0.703. The second-order valence-electron chi connectivity index (χ2n) is 9.06. The van der Waals surface area contributed by atoms with Crippen LogP contribution in [0.5, 0.6) is 5.75 Å². The molecular formula is C27H23N3O6. The van der Waals surface area contributed by atoms with Gasteiger partial charge in [-0.05, 0) is 36.3 Å². The van der Waals surface area contributed by atoms with Crippen molar-refractivity contribution in [3.63, 3.8) is 0 Å². The number of nitrogens with zero attached hydrogens (tertiary/aromatic N) is 3. The van der Waals surface area contributed by atoms with E-state index in [1.165, 1.54) is 6.92 Å². The minimum absolute atomic E-state index is 0.0613. The molecule has 0 unspecified atom stereocenters. The van der Waals surface area contributed by atoms with E-state index in [4.69, 9.17) is 4.74 Å². The average Bonchev–Trinajstić information content (AvgIpc) is 2.89. The number of ether oxygens (including phenoxy) is 1. The third-order valence-electron chi connectivity index (χ3n) is 6.89. The van der Waals surface area contributed by atoms with Gasteiger partial charge in [0.25, 0.3) is 17.3 Å². The summed E-state index contributed by atoms with van der Waals surface area (Å²) >= 11 is 0. The summed E-state index contributed by atoms with van der Waals surface area (Å²) in [7, 11) is 0. The van der Waals surface area contributed by atoms with Gasteiger partial charge in [0, 0.05) is 43.6 Å². The van der Waals surface area contributed by atoms with Gasteiger partial charge >= 0.3 is 0 Å². The summed E-state index contributed by atoms with van der Waals surface area (Å²) in [4.78, 5) is 36.1. The smallest absolute Gasteiger partial charge is 0.279 e. The van der Waals surface area contributed by atoms with E-state index in [0.717, 1.165) is 34.6 Å². The lowest BCUT2D eigenvalue weighted by Gasteiger charge is -2.42. The molecule has 1 fully saturated rings. The molecule has 3 aromatic rings. The molecule has 1 saturated heterocycles. The van der Waals surface area contributed by atoms with Gasteiger partial charge in [-0.2, -0.15) is 0 Å². The fraction of sp³-hybridized carbons (Fsp3) is 0.222. The molecule has 2 aliphatic heterocycles. The molecule has 0 atom stereocenters. The van der Waals surface area contributed by atoms with Crippen molar-refractivity contribution in [2.75, 3.05) is 13.1 Å². The maximum atomic E-state index is 13.1. The number of nitro groups is 2. The van der Waals surface area contributed by atoms with Crippen molar-refractivity contribution in [3.05, 3.63) is 104 Å². The molecule has 2 aliphatic rings. The molecule has 0 saturated carbocycles. The van der Waals surface area contributed by atoms with Crippen molar-refractivity contribution >= 4 is 23.4 Å². The largest absolute Gasteiger partial charge is 0.482 e. The Hall–Kier alpha value is -4.53. The summed E-state index contributed by atoms with van der Waals surface area (Å²) in [5.74, 6) is 0.311. The number of rotatable bonds is 4. The Morgan fingerprint density at radius 1 is 0.917 bits per heavy atom. The average molecular weight is 485 g/mol. The number of amides is 1. The highest BCUT2D eigenvalue weighted by Gasteiger charge is 2.38. The maximum Gasteiger partial charge on any atom is 0.279 e. The number of carbonyl (C=O) groups is 1. The summed E-state index contributed by atoms with van der Waals surface area (Å²) in [6, 6.07) is 18.4. The van der Waals surface area contributed by atoms with Crippen molar-refractivity contribution in [1.82, 2.24) is 4.90 Å². The predicted octanol–water partition coefficient (Wildman–Crippen LogP) is 5.56. The van der Waals surface area contributed by atoms with Crippen molar-refractivity contribution in [2.45, 2.75) is 25.4 Å². The Morgan fingerprint density at radius 2 is 1.56 bits per heavy atom. The quantitative estimate of drug-likeness (QED) is 0.353. The molecule has 2 heterocycles. The maximum absolute atomic E-state index is 13.1. The molecule has 1 amide bonds. The summed E-state index contributed by atoms with van der Waals surface area (Å²) in [5.41, 5.74) is 1.64. The Balaban J connectivity index is 1.32. The molecule has 0 N–H and O–H groups in total. The van der Waals surface area contributed by atoms with Gasteiger partial charge in [-0.25, -0.2) is 0 Å². The standard InChI is InChI=1S/C27H23N3O6/c1-18-23(29(32)33)16-22(17-24(18)30(34)35)26(31)28-13-11-27(12-14-28)10-9-21-15-20(7-8-25(21)36-27)19-5-3-2-4-6-19/h2-10,15-17H,11-14H2,1H3. The number of nitro benzene ring substituents is 2. The second kappa shape index (κ2) is 8.92. The number of hydrogen-bond acceptors (Lipinski definition) is 6. The van der Waals surface area contributed by atoms with Crippen LogP contribution in [0.4, 0.5) is 11.4 Å². The highest BCUT2D eigenvalue weighted by atomic mass is 16.6. The van der Waals surface area contributed by atoms with Crippen molar-refractivity contribution < 1.29 is 19.4 Å². The molecule has 0 aromatic heterocycles. The zero-order valence-corrected chi connectivity index (χ0v) is 19.5. The Kier molecular flexibility index (Phi) is 5.75. The molecule has 0 bridgehead atoms. The molecule has 9 heteroatoms. The van der Waals surface area contributed by atoms with Gasteiger partial charge in [0.05, 0.1) is 15.4 Å². The monoisotopic (exact) mass is 485 g/mol. The number of carbonyl (C=O) groups excluding carboxylic acids is 1. The third kappa shape index (κ3) is 4.19. The summed E-state index contributed by atoms with van der Waals surface area (Å²) in [5, 5.41) is 22.8. The number of piperidine rings is 1. The number of fused-ring (bicyclic) bond motifs is 1. The van der Waals surface area contributed by atoms with Gasteiger partial charge in [-0.1, -0.05) is 42.5 Å². The molecule has 0 radical (unpaired) electrons. The number of hydrogen-bond donors (Lipinski definition) is 0. The van der Waals surface area contributed by atoms with Gasteiger partial charge in [-0.3, -0.25) is 25.0 Å².